The van der Waals surface area contributed by atoms with Crippen LogP contribution in [0.2, 0.25) is 0 Å². The number of hydrogen-bond donors (Lipinski definition) is 2. The van der Waals surface area contributed by atoms with Crippen LogP contribution in [0.4, 0.5) is 13.2 Å². The van der Waals surface area contributed by atoms with Gasteiger partial charge in [0.25, 0.3) is 0 Å². The molecule has 1 aromatic heterocycles. The Morgan fingerprint density at radius 3 is 2.52 bits per heavy atom. The average Bonchev–Trinajstić information content (AvgIpc) is 2.82. The van der Waals surface area contributed by atoms with Crippen molar-refractivity contribution in [1.29, 1.82) is 0 Å². The van der Waals surface area contributed by atoms with Gasteiger partial charge in [0.05, 0.1) is 16.6 Å². The normalized spacial score (nSPS) is 22.2. The van der Waals surface area contributed by atoms with E-state index in [-0.39, 0.29) is 17.6 Å². The van der Waals surface area contributed by atoms with E-state index in [4.69, 9.17) is 0 Å². The Kier molecular flexibility index (Phi) is 3.91. The second kappa shape index (κ2) is 5.75. The molecule has 2 N–H and O–H groups in total. The number of rotatable bonds is 3. The van der Waals surface area contributed by atoms with Crippen LogP contribution in [0.1, 0.15) is 37.3 Å². The van der Waals surface area contributed by atoms with Gasteiger partial charge in [0, 0.05) is 12.1 Å². The lowest BCUT2D eigenvalue weighted by Gasteiger charge is -2.28. The quantitative estimate of drug-likeness (QED) is 0.851. The number of nitrogens with zero attached hydrogens (tertiary/aromatic N) is 1. The Hall–Kier alpha value is -2.25. The van der Waals surface area contributed by atoms with Crippen molar-refractivity contribution in [2.24, 2.45) is 0 Å². The number of carbonyl (C=O) groups excluding carboxylic acids is 1. The van der Waals surface area contributed by atoms with Crippen molar-refractivity contribution in [2.45, 2.75) is 43.9 Å². The number of halogens is 3. The van der Waals surface area contributed by atoms with Crippen molar-refractivity contribution in [2.75, 3.05) is 0 Å². The van der Waals surface area contributed by atoms with Gasteiger partial charge in [-0.25, -0.2) is 4.79 Å². The SMILES string of the molecule is O=CNC1CCC(n2c(=O)[nH]c3cc(C(F)(F)F)ccc32)CC1. The van der Waals surface area contributed by atoms with Gasteiger partial charge in [0.1, 0.15) is 0 Å². The average molecular weight is 327 g/mol. The molecule has 1 aliphatic carbocycles. The highest BCUT2D eigenvalue weighted by Gasteiger charge is 2.31. The standard InChI is InChI=1S/C15H16F3N3O2/c16-15(17,18)9-1-6-13-12(7-9)20-14(23)21(13)11-4-2-10(3-5-11)19-8-22/h1,6-8,10-11H,2-5H2,(H,19,22)(H,20,23). The van der Waals surface area contributed by atoms with Gasteiger partial charge in [0.2, 0.25) is 6.41 Å². The molecule has 0 saturated heterocycles. The predicted molar refractivity (Wildman–Crippen MR) is 78.1 cm³/mol. The Labute approximate surface area is 129 Å². The van der Waals surface area contributed by atoms with E-state index >= 15 is 0 Å². The molecule has 1 aliphatic rings. The molecule has 124 valence electrons. The number of nitrogens with one attached hydrogen (secondary N) is 2. The van der Waals surface area contributed by atoms with E-state index in [9.17, 15) is 22.8 Å². The minimum absolute atomic E-state index is 0.0716. The maximum Gasteiger partial charge on any atom is 0.416 e. The summed E-state index contributed by atoms with van der Waals surface area (Å²) in [5.41, 5.74) is -0.504. The Morgan fingerprint density at radius 2 is 1.91 bits per heavy atom. The molecule has 0 atom stereocenters. The molecule has 2 aromatic rings. The zero-order valence-electron chi connectivity index (χ0n) is 12.2. The lowest BCUT2D eigenvalue weighted by Crippen LogP contribution is -2.34. The van der Waals surface area contributed by atoms with Gasteiger partial charge in [-0.1, -0.05) is 0 Å². The molecule has 1 saturated carbocycles. The van der Waals surface area contributed by atoms with Crippen LogP contribution in [0.5, 0.6) is 0 Å². The van der Waals surface area contributed by atoms with Crippen molar-refractivity contribution >= 4 is 17.4 Å². The molecular weight excluding hydrogens is 311 g/mol. The van der Waals surface area contributed by atoms with Crippen LogP contribution in [0, 0.1) is 0 Å². The highest BCUT2D eigenvalue weighted by molar-refractivity contribution is 5.76. The van der Waals surface area contributed by atoms with Gasteiger partial charge >= 0.3 is 11.9 Å². The van der Waals surface area contributed by atoms with E-state index in [1.165, 1.54) is 10.6 Å². The topological polar surface area (TPSA) is 66.9 Å². The first-order valence-electron chi connectivity index (χ1n) is 7.41. The van der Waals surface area contributed by atoms with Crippen LogP contribution < -0.4 is 11.0 Å². The second-order valence-corrected chi connectivity index (χ2v) is 5.82. The number of H-pyrrole nitrogens is 1. The van der Waals surface area contributed by atoms with Crippen molar-refractivity contribution in [3.05, 3.63) is 34.2 Å². The van der Waals surface area contributed by atoms with Gasteiger partial charge in [-0.15, -0.1) is 0 Å². The van der Waals surface area contributed by atoms with E-state index in [0.717, 1.165) is 25.0 Å². The summed E-state index contributed by atoms with van der Waals surface area (Å²) < 4.78 is 39.8. The van der Waals surface area contributed by atoms with E-state index in [0.29, 0.717) is 24.8 Å². The molecule has 0 unspecified atom stereocenters. The first-order chi connectivity index (χ1) is 10.9. The fraction of sp³-hybridized carbons (Fsp3) is 0.467. The predicted octanol–water partition coefficient (Wildman–Crippen LogP) is 2.58. The number of aromatic nitrogens is 2. The molecule has 0 radical (unpaired) electrons. The van der Waals surface area contributed by atoms with Crippen LogP contribution in [0.25, 0.3) is 11.0 Å². The van der Waals surface area contributed by atoms with E-state index in [1.807, 2.05) is 0 Å². The first kappa shape index (κ1) is 15.6. The number of hydrogen-bond acceptors (Lipinski definition) is 2. The molecule has 3 rings (SSSR count). The van der Waals surface area contributed by atoms with Crippen molar-refractivity contribution in [3.8, 4) is 0 Å². The number of aromatic amines is 1. The molecule has 1 amide bonds. The van der Waals surface area contributed by atoms with Crippen LogP contribution in [-0.4, -0.2) is 22.0 Å². The summed E-state index contributed by atoms with van der Waals surface area (Å²) in [6, 6.07) is 3.32. The lowest BCUT2D eigenvalue weighted by atomic mass is 9.91. The number of imidazole rings is 1. The summed E-state index contributed by atoms with van der Waals surface area (Å²) in [6.45, 7) is 0. The highest BCUT2D eigenvalue weighted by atomic mass is 19.4. The third-order valence-corrected chi connectivity index (χ3v) is 4.41. The Bertz CT molecular complexity index is 770. The molecule has 23 heavy (non-hydrogen) atoms. The molecule has 1 aromatic carbocycles. The van der Waals surface area contributed by atoms with Crippen LogP contribution in [0.3, 0.4) is 0 Å². The summed E-state index contributed by atoms with van der Waals surface area (Å²) in [5, 5.41) is 2.73. The van der Waals surface area contributed by atoms with Gasteiger partial charge in [-0.05, 0) is 43.9 Å². The monoisotopic (exact) mass is 327 g/mol. The Morgan fingerprint density at radius 1 is 1.22 bits per heavy atom. The first-order valence-corrected chi connectivity index (χ1v) is 7.41. The Balaban J connectivity index is 1.92. The lowest BCUT2D eigenvalue weighted by molar-refractivity contribution is -0.137. The number of benzene rings is 1. The number of fused-ring (bicyclic) bond motifs is 1. The molecule has 0 aliphatic heterocycles. The molecule has 5 nitrogen and oxygen atoms in total. The zero-order chi connectivity index (χ0) is 16.6. The third-order valence-electron chi connectivity index (χ3n) is 4.41. The highest BCUT2D eigenvalue weighted by Crippen LogP contribution is 2.33. The summed E-state index contributed by atoms with van der Waals surface area (Å²) >= 11 is 0. The van der Waals surface area contributed by atoms with E-state index in [2.05, 4.69) is 10.3 Å². The number of amides is 1. The maximum atomic E-state index is 12.8. The summed E-state index contributed by atoms with van der Waals surface area (Å²) in [6.07, 6.45) is -0.904. The van der Waals surface area contributed by atoms with Gasteiger partial charge in [-0.2, -0.15) is 13.2 Å². The number of alkyl halides is 3. The van der Waals surface area contributed by atoms with E-state index in [1.54, 1.807) is 0 Å². The molecular formula is C15H16F3N3O2. The van der Waals surface area contributed by atoms with Crippen molar-refractivity contribution in [1.82, 2.24) is 14.9 Å². The summed E-state index contributed by atoms with van der Waals surface area (Å²) in [4.78, 5) is 25.1. The second-order valence-electron chi connectivity index (χ2n) is 5.82. The molecule has 0 bridgehead atoms. The maximum absolute atomic E-state index is 12.8. The zero-order valence-corrected chi connectivity index (χ0v) is 12.2. The van der Waals surface area contributed by atoms with E-state index < -0.39 is 17.4 Å². The smallest absolute Gasteiger partial charge is 0.356 e. The van der Waals surface area contributed by atoms with Crippen LogP contribution in [-0.2, 0) is 11.0 Å². The fourth-order valence-electron chi connectivity index (χ4n) is 3.27. The molecule has 1 fully saturated rings. The summed E-state index contributed by atoms with van der Waals surface area (Å²) in [7, 11) is 0. The molecule has 0 spiro atoms. The molecule has 1 heterocycles. The fourth-order valence-corrected chi connectivity index (χ4v) is 3.27. The van der Waals surface area contributed by atoms with Crippen molar-refractivity contribution < 1.29 is 18.0 Å². The van der Waals surface area contributed by atoms with Crippen LogP contribution >= 0.6 is 0 Å². The molecule has 8 heteroatoms. The summed E-state index contributed by atoms with van der Waals surface area (Å²) in [5.74, 6) is 0. The van der Waals surface area contributed by atoms with Gasteiger partial charge in [-0.3, -0.25) is 9.36 Å². The third kappa shape index (κ3) is 2.97. The minimum atomic E-state index is -4.44. The van der Waals surface area contributed by atoms with Crippen molar-refractivity contribution in [3.63, 3.8) is 0 Å². The van der Waals surface area contributed by atoms with Gasteiger partial charge < -0.3 is 10.3 Å². The largest absolute Gasteiger partial charge is 0.416 e. The van der Waals surface area contributed by atoms with Gasteiger partial charge in [0.15, 0.2) is 0 Å². The number of carbonyl (C=O) groups is 1. The van der Waals surface area contributed by atoms with Crippen LogP contribution in [0.15, 0.2) is 23.0 Å². The minimum Gasteiger partial charge on any atom is -0.356 e.